The molecule has 0 aliphatic rings. The van der Waals surface area contributed by atoms with E-state index in [2.05, 4.69) is 5.32 Å². The summed E-state index contributed by atoms with van der Waals surface area (Å²) in [7, 11) is 0. The van der Waals surface area contributed by atoms with Gasteiger partial charge in [0.25, 0.3) is 5.91 Å². The summed E-state index contributed by atoms with van der Waals surface area (Å²) in [6.45, 7) is 3.91. The molecular weight excluding hydrogens is 398 g/mol. The lowest BCUT2D eigenvalue weighted by Crippen LogP contribution is -2.25. The predicted octanol–water partition coefficient (Wildman–Crippen LogP) is 5.89. The van der Waals surface area contributed by atoms with Crippen LogP contribution in [-0.4, -0.2) is 11.9 Å². The molecule has 3 rings (SSSR count). The molecule has 152 valence electrons. The number of carbonyl (C=O) groups excluding carboxylic acids is 2. The number of ether oxygens (including phenoxy) is 1. The highest BCUT2D eigenvalue weighted by Crippen LogP contribution is 2.22. The minimum atomic E-state index is -1.08. The van der Waals surface area contributed by atoms with E-state index in [0.717, 1.165) is 16.7 Å². The first-order valence-electron chi connectivity index (χ1n) is 9.49. The van der Waals surface area contributed by atoms with Gasteiger partial charge in [-0.25, -0.2) is 4.79 Å². The van der Waals surface area contributed by atoms with E-state index in [9.17, 15) is 9.59 Å². The average molecular weight is 420 g/mol. The monoisotopic (exact) mass is 419 g/mol. The Labute approximate surface area is 181 Å². The van der Waals surface area contributed by atoms with E-state index >= 15 is 0 Å². The molecule has 1 amide bonds. The van der Waals surface area contributed by atoms with E-state index in [1.807, 2.05) is 44.2 Å². The number of aryl methyl sites for hydroxylation is 2. The van der Waals surface area contributed by atoms with Gasteiger partial charge in [-0.05, 0) is 60.9 Å². The largest absolute Gasteiger partial charge is 0.444 e. The SMILES string of the molecule is Cc1cc(C)cc(NC(=O)C(OC(=O)/C=C/c2cccc(Cl)c2)c2ccccc2)c1. The molecule has 1 unspecified atom stereocenters. The minimum absolute atomic E-state index is 0.421. The van der Waals surface area contributed by atoms with Crippen LogP contribution in [0.5, 0.6) is 0 Å². The Morgan fingerprint density at radius 3 is 2.30 bits per heavy atom. The van der Waals surface area contributed by atoms with Crippen LogP contribution < -0.4 is 5.32 Å². The lowest BCUT2D eigenvalue weighted by molar-refractivity contribution is -0.149. The Kier molecular flexibility index (Phi) is 7.04. The summed E-state index contributed by atoms with van der Waals surface area (Å²) in [4.78, 5) is 25.4. The number of anilines is 1. The number of benzene rings is 3. The van der Waals surface area contributed by atoms with Gasteiger partial charge < -0.3 is 10.1 Å². The summed E-state index contributed by atoms with van der Waals surface area (Å²) in [5.41, 5.74) is 4.06. The van der Waals surface area contributed by atoms with Gasteiger partial charge in [0.2, 0.25) is 6.10 Å². The Bertz CT molecular complexity index is 1060. The number of halogens is 1. The molecular formula is C25H22ClNO3. The quantitative estimate of drug-likeness (QED) is 0.400. The van der Waals surface area contributed by atoms with Crippen LogP contribution in [0.2, 0.25) is 5.02 Å². The van der Waals surface area contributed by atoms with Crippen molar-refractivity contribution >= 4 is 35.2 Å². The maximum atomic E-state index is 13.0. The van der Waals surface area contributed by atoms with Crippen LogP contribution in [0.25, 0.3) is 6.08 Å². The van der Waals surface area contributed by atoms with Crippen LogP contribution >= 0.6 is 11.6 Å². The van der Waals surface area contributed by atoms with Gasteiger partial charge in [0.05, 0.1) is 0 Å². The van der Waals surface area contributed by atoms with Gasteiger partial charge in [-0.3, -0.25) is 4.79 Å². The second-order valence-electron chi connectivity index (χ2n) is 6.98. The molecule has 3 aromatic rings. The van der Waals surface area contributed by atoms with Crippen LogP contribution in [0, 0.1) is 13.8 Å². The fourth-order valence-electron chi connectivity index (χ4n) is 3.09. The van der Waals surface area contributed by atoms with Crippen molar-refractivity contribution in [1.82, 2.24) is 0 Å². The molecule has 0 saturated carbocycles. The molecule has 0 saturated heterocycles. The third kappa shape index (κ3) is 6.06. The molecule has 1 atom stereocenters. The van der Waals surface area contributed by atoms with Gasteiger partial charge >= 0.3 is 5.97 Å². The van der Waals surface area contributed by atoms with Crippen LogP contribution in [0.1, 0.15) is 28.4 Å². The van der Waals surface area contributed by atoms with E-state index in [1.54, 1.807) is 48.5 Å². The van der Waals surface area contributed by atoms with Gasteiger partial charge in [0.15, 0.2) is 0 Å². The van der Waals surface area contributed by atoms with E-state index < -0.39 is 18.0 Å². The fraction of sp³-hybridized carbons (Fsp3) is 0.120. The Morgan fingerprint density at radius 1 is 0.933 bits per heavy atom. The molecule has 4 nitrogen and oxygen atoms in total. The normalized spacial score (nSPS) is 11.8. The summed E-state index contributed by atoms with van der Waals surface area (Å²) in [5, 5.41) is 3.42. The van der Waals surface area contributed by atoms with Crippen molar-refractivity contribution in [2.45, 2.75) is 20.0 Å². The number of esters is 1. The van der Waals surface area contributed by atoms with Crippen LogP contribution in [-0.2, 0) is 14.3 Å². The van der Waals surface area contributed by atoms with Crippen molar-refractivity contribution in [2.75, 3.05) is 5.32 Å². The molecule has 1 N–H and O–H groups in total. The van der Waals surface area contributed by atoms with Crippen LogP contribution in [0.4, 0.5) is 5.69 Å². The second kappa shape index (κ2) is 9.90. The van der Waals surface area contributed by atoms with E-state index in [0.29, 0.717) is 16.3 Å². The third-order valence-corrected chi connectivity index (χ3v) is 4.56. The highest BCUT2D eigenvalue weighted by molar-refractivity contribution is 6.30. The molecule has 0 aromatic heterocycles. The van der Waals surface area contributed by atoms with Crippen molar-refractivity contribution < 1.29 is 14.3 Å². The van der Waals surface area contributed by atoms with Gasteiger partial charge in [0.1, 0.15) is 0 Å². The number of amides is 1. The van der Waals surface area contributed by atoms with Crippen molar-refractivity contribution in [3.63, 3.8) is 0 Å². The molecule has 0 aliphatic heterocycles. The summed E-state index contributed by atoms with van der Waals surface area (Å²) >= 11 is 5.96. The molecule has 30 heavy (non-hydrogen) atoms. The molecule has 0 radical (unpaired) electrons. The molecule has 0 spiro atoms. The Hall–Kier alpha value is -3.37. The Balaban J connectivity index is 1.78. The Morgan fingerprint density at radius 2 is 1.63 bits per heavy atom. The van der Waals surface area contributed by atoms with E-state index in [4.69, 9.17) is 16.3 Å². The van der Waals surface area contributed by atoms with E-state index in [-0.39, 0.29) is 0 Å². The van der Waals surface area contributed by atoms with Crippen LogP contribution in [0.15, 0.2) is 78.9 Å². The lowest BCUT2D eigenvalue weighted by atomic mass is 10.1. The average Bonchev–Trinajstić information content (AvgIpc) is 2.70. The van der Waals surface area contributed by atoms with Crippen molar-refractivity contribution in [3.8, 4) is 0 Å². The fourth-order valence-corrected chi connectivity index (χ4v) is 3.28. The molecule has 3 aromatic carbocycles. The van der Waals surface area contributed by atoms with Crippen molar-refractivity contribution in [3.05, 3.63) is 106 Å². The standard InChI is InChI=1S/C25H22ClNO3/c1-17-13-18(2)15-22(14-17)27-25(29)24(20-8-4-3-5-9-20)30-23(28)12-11-19-7-6-10-21(26)16-19/h3-16,24H,1-2H3,(H,27,29)/b12-11+. The highest BCUT2D eigenvalue weighted by Gasteiger charge is 2.24. The number of hydrogen-bond acceptors (Lipinski definition) is 3. The van der Waals surface area contributed by atoms with Crippen molar-refractivity contribution in [1.29, 1.82) is 0 Å². The first-order chi connectivity index (χ1) is 14.4. The zero-order chi connectivity index (χ0) is 21.5. The first kappa shape index (κ1) is 21.3. The number of nitrogens with one attached hydrogen (secondary N) is 1. The molecule has 0 heterocycles. The van der Waals surface area contributed by atoms with Gasteiger partial charge in [-0.1, -0.05) is 60.1 Å². The number of rotatable bonds is 6. The summed E-state index contributed by atoms with van der Waals surface area (Å²) in [5.74, 6) is -1.05. The lowest BCUT2D eigenvalue weighted by Gasteiger charge is -2.18. The molecule has 0 fully saturated rings. The minimum Gasteiger partial charge on any atom is -0.444 e. The molecule has 0 aliphatic carbocycles. The maximum absolute atomic E-state index is 13.0. The number of hydrogen-bond donors (Lipinski definition) is 1. The molecule has 0 bridgehead atoms. The van der Waals surface area contributed by atoms with Crippen molar-refractivity contribution in [2.24, 2.45) is 0 Å². The topological polar surface area (TPSA) is 55.4 Å². The van der Waals surface area contributed by atoms with Crippen LogP contribution in [0.3, 0.4) is 0 Å². The highest BCUT2D eigenvalue weighted by atomic mass is 35.5. The second-order valence-corrected chi connectivity index (χ2v) is 7.42. The number of carbonyl (C=O) groups is 2. The summed E-state index contributed by atoms with van der Waals surface area (Å²) in [6, 6.07) is 21.8. The zero-order valence-electron chi connectivity index (χ0n) is 16.8. The summed E-state index contributed by atoms with van der Waals surface area (Å²) < 4.78 is 5.51. The van der Waals surface area contributed by atoms with Gasteiger partial charge in [0, 0.05) is 22.3 Å². The predicted molar refractivity (Wildman–Crippen MR) is 120 cm³/mol. The van der Waals surface area contributed by atoms with Gasteiger partial charge in [-0.15, -0.1) is 0 Å². The first-order valence-corrected chi connectivity index (χ1v) is 9.87. The molecule has 5 heteroatoms. The third-order valence-electron chi connectivity index (χ3n) is 4.32. The van der Waals surface area contributed by atoms with E-state index in [1.165, 1.54) is 6.08 Å². The maximum Gasteiger partial charge on any atom is 0.331 e. The van der Waals surface area contributed by atoms with Gasteiger partial charge in [-0.2, -0.15) is 0 Å². The summed E-state index contributed by atoms with van der Waals surface area (Å²) in [6.07, 6.45) is 1.80. The smallest absolute Gasteiger partial charge is 0.331 e. The zero-order valence-corrected chi connectivity index (χ0v) is 17.5.